The van der Waals surface area contributed by atoms with Crippen molar-refractivity contribution in [3.8, 4) is 0 Å². The Bertz CT molecular complexity index is 549. The number of benzene rings is 1. The van der Waals surface area contributed by atoms with Gasteiger partial charge in [0.1, 0.15) is 0 Å². The molecule has 16 heavy (non-hydrogen) atoms. The van der Waals surface area contributed by atoms with Gasteiger partial charge < -0.3 is 4.57 Å². The van der Waals surface area contributed by atoms with Gasteiger partial charge in [0.15, 0.2) is 5.82 Å². The molecular weight excluding hydrogens is 247 g/mol. The van der Waals surface area contributed by atoms with Crippen LogP contribution in [0.15, 0.2) is 30.6 Å². The summed E-state index contributed by atoms with van der Waals surface area (Å²) in [6, 6.07) is 4.78. The lowest BCUT2D eigenvalue weighted by Gasteiger charge is -2.04. The standard InChI is InChI=1S/C11H8Cl2N2O/c1-15-5-4-14-11(15)10(16)8-6-7(12)2-3-9(8)13/h2-6H,1H3. The molecule has 0 spiro atoms. The number of imidazole rings is 1. The number of nitrogens with zero attached hydrogens (tertiary/aromatic N) is 2. The number of aromatic nitrogens is 2. The van der Waals surface area contributed by atoms with Gasteiger partial charge in [0.25, 0.3) is 0 Å². The highest BCUT2D eigenvalue weighted by atomic mass is 35.5. The lowest BCUT2D eigenvalue weighted by atomic mass is 10.1. The summed E-state index contributed by atoms with van der Waals surface area (Å²) in [6.07, 6.45) is 3.26. The number of carbonyl (C=O) groups is 1. The Labute approximate surface area is 103 Å². The second-order valence-corrected chi connectivity index (χ2v) is 4.16. The van der Waals surface area contributed by atoms with Gasteiger partial charge in [-0.1, -0.05) is 23.2 Å². The lowest BCUT2D eigenvalue weighted by Crippen LogP contribution is -2.09. The number of halogens is 2. The van der Waals surface area contributed by atoms with E-state index >= 15 is 0 Å². The number of hydrogen-bond acceptors (Lipinski definition) is 2. The number of ketones is 1. The Morgan fingerprint density at radius 3 is 2.75 bits per heavy atom. The molecule has 0 unspecified atom stereocenters. The molecule has 0 amide bonds. The highest BCUT2D eigenvalue weighted by molar-refractivity contribution is 6.36. The van der Waals surface area contributed by atoms with Crippen LogP contribution in [0.1, 0.15) is 16.2 Å². The van der Waals surface area contributed by atoms with Crippen molar-refractivity contribution in [2.24, 2.45) is 7.05 Å². The molecule has 0 atom stereocenters. The fourth-order valence-corrected chi connectivity index (χ4v) is 1.75. The third-order valence-corrected chi connectivity index (χ3v) is 2.76. The largest absolute Gasteiger partial charge is 0.331 e. The third-order valence-electron chi connectivity index (χ3n) is 2.20. The van der Waals surface area contributed by atoms with Crippen LogP contribution in [0.2, 0.25) is 10.0 Å². The first-order valence-electron chi connectivity index (χ1n) is 4.56. The molecule has 5 heteroatoms. The van der Waals surface area contributed by atoms with E-state index in [0.717, 1.165) is 0 Å². The lowest BCUT2D eigenvalue weighted by molar-refractivity contribution is 0.102. The SMILES string of the molecule is Cn1ccnc1C(=O)c1cc(Cl)ccc1Cl. The predicted molar refractivity (Wildman–Crippen MR) is 63.1 cm³/mol. The molecule has 2 rings (SSSR count). The van der Waals surface area contributed by atoms with Crippen molar-refractivity contribution >= 4 is 29.0 Å². The van der Waals surface area contributed by atoms with Crippen LogP contribution in [0.5, 0.6) is 0 Å². The monoisotopic (exact) mass is 254 g/mol. The highest BCUT2D eigenvalue weighted by Crippen LogP contribution is 2.22. The quantitative estimate of drug-likeness (QED) is 0.773. The van der Waals surface area contributed by atoms with Gasteiger partial charge in [0.05, 0.1) is 5.02 Å². The number of rotatable bonds is 2. The summed E-state index contributed by atoms with van der Waals surface area (Å²) in [4.78, 5) is 16.0. The average molecular weight is 255 g/mol. The van der Waals surface area contributed by atoms with E-state index in [2.05, 4.69) is 4.98 Å². The van der Waals surface area contributed by atoms with Gasteiger partial charge in [0, 0.05) is 30.0 Å². The summed E-state index contributed by atoms with van der Waals surface area (Å²) in [7, 11) is 1.75. The Hall–Kier alpha value is -1.32. The zero-order chi connectivity index (χ0) is 11.7. The van der Waals surface area contributed by atoms with Gasteiger partial charge in [-0.3, -0.25) is 4.79 Å². The number of hydrogen-bond donors (Lipinski definition) is 0. The molecule has 0 saturated heterocycles. The van der Waals surface area contributed by atoms with Gasteiger partial charge in [-0.25, -0.2) is 4.98 Å². The molecule has 3 nitrogen and oxygen atoms in total. The summed E-state index contributed by atoms with van der Waals surface area (Å²) < 4.78 is 1.64. The minimum absolute atomic E-state index is 0.236. The molecule has 0 N–H and O–H groups in total. The van der Waals surface area contributed by atoms with Crippen LogP contribution in [0.3, 0.4) is 0 Å². The van der Waals surface area contributed by atoms with Gasteiger partial charge in [-0.15, -0.1) is 0 Å². The first-order valence-corrected chi connectivity index (χ1v) is 5.32. The van der Waals surface area contributed by atoms with Crippen molar-refractivity contribution in [3.63, 3.8) is 0 Å². The predicted octanol–water partition coefficient (Wildman–Crippen LogP) is 2.96. The maximum absolute atomic E-state index is 12.1. The van der Waals surface area contributed by atoms with Gasteiger partial charge in [-0.05, 0) is 18.2 Å². The van der Waals surface area contributed by atoms with E-state index in [1.807, 2.05) is 0 Å². The topological polar surface area (TPSA) is 34.9 Å². The van der Waals surface area contributed by atoms with Crippen LogP contribution >= 0.6 is 23.2 Å². The Morgan fingerprint density at radius 2 is 2.12 bits per heavy atom. The molecule has 0 fully saturated rings. The van der Waals surface area contributed by atoms with Crippen molar-refractivity contribution < 1.29 is 4.79 Å². The van der Waals surface area contributed by atoms with Crippen molar-refractivity contribution in [1.29, 1.82) is 0 Å². The molecule has 0 aliphatic rings. The van der Waals surface area contributed by atoms with Crippen LogP contribution in [0, 0.1) is 0 Å². The van der Waals surface area contributed by atoms with Crippen molar-refractivity contribution in [3.05, 3.63) is 52.0 Å². The Balaban J connectivity index is 2.49. The summed E-state index contributed by atoms with van der Waals surface area (Å²) >= 11 is 11.8. The van der Waals surface area contributed by atoms with Crippen molar-refractivity contribution in [2.45, 2.75) is 0 Å². The Morgan fingerprint density at radius 1 is 1.38 bits per heavy atom. The molecule has 1 heterocycles. The number of aryl methyl sites for hydroxylation is 1. The van der Waals surface area contributed by atoms with E-state index in [9.17, 15) is 4.79 Å². The summed E-state index contributed by atoms with van der Waals surface area (Å²) in [5, 5.41) is 0.847. The summed E-state index contributed by atoms with van der Waals surface area (Å²) in [5.41, 5.74) is 0.364. The van der Waals surface area contributed by atoms with Gasteiger partial charge >= 0.3 is 0 Å². The summed E-state index contributed by atoms with van der Waals surface area (Å²) in [6.45, 7) is 0. The van der Waals surface area contributed by atoms with Crippen LogP contribution in [-0.4, -0.2) is 15.3 Å². The normalized spacial score (nSPS) is 10.4. The smallest absolute Gasteiger partial charge is 0.229 e. The van der Waals surface area contributed by atoms with E-state index in [-0.39, 0.29) is 5.78 Å². The zero-order valence-electron chi connectivity index (χ0n) is 8.45. The number of carbonyl (C=O) groups excluding carboxylic acids is 1. The molecule has 0 aliphatic carbocycles. The van der Waals surface area contributed by atoms with E-state index in [1.54, 1.807) is 42.2 Å². The average Bonchev–Trinajstić information content (AvgIpc) is 2.67. The van der Waals surface area contributed by atoms with Crippen molar-refractivity contribution in [1.82, 2.24) is 9.55 Å². The second kappa shape index (κ2) is 4.28. The molecule has 1 aromatic carbocycles. The Kier molecular flexibility index (Phi) is 2.99. The first-order chi connectivity index (χ1) is 7.59. The third kappa shape index (κ3) is 1.96. The van der Waals surface area contributed by atoms with Crippen LogP contribution in [0.25, 0.3) is 0 Å². The fraction of sp³-hybridized carbons (Fsp3) is 0.0909. The van der Waals surface area contributed by atoms with Crippen LogP contribution in [0.4, 0.5) is 0 Å². The highest BCUT2D eigenvalue weighted by Gasteiger charge is 2.16. The molecule has 0 radical (unpaired) electrons. The fourth-order valence-electron chi connectivity index (χ4n) is 1.38. The van der Waals surface area contributed by atoms with Gasteiger partial charge in [-0.2, -0.15) is 0 Å². The van der Waals surface area contributed by atoms with Gasteiger partial charge in [0.2, 0.25) is 5.78 Å². The maximum Gasteiger partial charge on any atom is 0.229 e. The first kappa shape index (κ1) is 11.2. The molecule has 0 bridgehead atoms. The van der Waals surface area contributed by atoms with E-state index in [0.29, 0.717) is 21.4 Å². The molecule has 0 saturated carbocycles. The van der Waals surface area contributed by atoms with Crippen LogP contribution < -0.4 is 0 Å². The zero-order valence-corrected chi connectivity index (χ0v) is 9.96. The molecule has 0 aliphatic heterocycles. The summed E-state index contributed by atoms with van der Waals surface area (Å²) in [5.74, 6) is 0.101. The second-order valence-electron chi connectivity index (χ2n) is 3.32. The molecule has 82 valence electrons. The van der Waals surface area contributed by atoms with Crippen LogP contribution in [-0.2, 0) is 7.05 Å². The molecular formula is C11H8Cl2N2O. The van der Waals surface area contributed by atoms with Crippen molar-refractivity contribution in [2.75, 3.05) is 0 Å². The van der Waals surface area contributed by atoms with E-state index in [1.165, 1.54) is 0 Å². The molecule has 2 aromatic rings. The molecule has 1 aromatic heterocycles. The minimum atomic E-state index is -0.236. The van der Waals surface area contributed by atoms with E-state index in [4.69, 9.17) is 23.2 Å². The minimum Gasteiger partial charge on any atom is -0.331 e. The van der Waals surface area contributed by atoms with E-state index < -0.39 is 0 Å². The maximum atomic E-state index is 12.1.